The maximum atomic E-state index is 11.8. The molecule has 15 heavy (non-hydrogen) atoms. The van der Waals surface area contributed by atoms with Crippen molar-refractivity contribution in [2.24, 2.45) is 5.92 Å². The highest BCUT2D eigenvalue weighted by molar-refractivity contribution is 7.91. The summed E-state index contributed by atoms with van der Waals surface area (Å²) < 4.78 is 26.3. The van der Waals surface area contributed by atoms with Crippen LogP contribution in [0.2, 0.25) is 0 Å². The third-order valence-electron chi connectivity index (χ3n) is 2.07. The standard InChI is InChI=1S/C9H15NO3S2/c1-7(2)8(6-11)10-15(12,13)9-4-3-5-14-9/h3-5,7-8,10-11H,6H2,1-2H3. The van der Waals surface area contributed by atoms with E-state index in [2.05, 4.69) is 4.72 Å². The van der Waals surface area contributed by atoms with Gasteiger partial charge < -0.3 is 5.11 Å². The molecule has 2 N–H and O–H groups in total. The van der Waals surface area contributed by atoms with Crippen LogP contribution in [0.25, 0.3) is 0 Å². The number of nitrogens with one attached hydrogen (secondary N) is 1. The van der Waals surface area contributed by atoms with Gasteiger partial charge in [-0.15, -0.1) is 11.3 Å². The second kappa shape index (κ2) is 5.07. The van der Waals surface area contributed by atoms with Gasteiger partial charge in [-0.1, -0.05) is 19.9 Å². The molecule has 1 aromatic rings. The number of rotatable bonds is 5. The lowest BCUT2D eigenvalue weighted by atomic mass is 10.1. The van der Waals surface area contributed by atoms with Crippen LogP contribution in [-0.4, -0.2) is 26.2 Å². The molecule has 1 heterocycles. The maximum Gasteiger partial charge on any atom is 0.250 e. The van der Waals surface area contributed by atoms with E-state index in [4.69, 9.17) is 5.11 Å². The number of aliphatic hydroxyl groups is 1. The molecule has 0 aliphatic heterocycles. The number of thiophene rings is 1. The van der Waals surface area contributed by atoms with Crippen LogP contribution >= 0.6 is 11.3 Å². The van der Waals surface area contributed by atoms with Gasteiger partial charge in [-0.2, -0.15) is 0 Å². The van der Waals surface area contributed by atoms with Crippen molar-refractivity contribution in [1.29, 1.82) is 0 Å². The van der Waals surface area contributed by atoms with E-state index in [0.29, 0.717) is 0 Å². The average Bonchev–Trinajstić information content (AvgIpc) is 2.67. The Morgan fingerprint density at radius 2 is 2.20 bits per heavy atom. The molecule has 0 radical (unpaired) electrons. The van der Waals surface area contributed by atoms with Gasteiger partial charge in [0.1, 0.15) is 4.21 Å². The van der Waals surface area contributed by atoms with Crippen LogP contribution in [0, 0.1) is 5.92 Å². The van der Waals surface area contributed by atoms with Crippen molar-refractivity contribution in [3.8, 4) is 0 Å². The summed E-state index contributed by atoms with van der Waals surface area (Å²) in [5.41, 5.74) is 0. The molecule has 0 aliphatic carbocycles. The molecule has 0 amide bonds. The molecule has 1 atom stereocenters. The van der Waals surface area contributed by atoms with Gasteiger partial charge in [0.15, 0.2) is 0 Å². The summed E-state index contributed by atoms with van der Waals surface area (Å²) in [6, 6.07) is 2.79. The van der Waals surface area contributed by atoms with Gasteiger partial charge in [0.05, 0.1) is 6.61 Å². The highest BCUT2D eigenvalue weighted by atomic mass is 32.2. The summed E-state index contributed by atoms with van der Waals surface area (Å²) in [5.74, 6) is 0.0599. The zero-order valence-corrected chi connectivity index (χ0v) is 10.3. The van der Waals surface area contributed by atoms with Gasteiger partial charge in [-0.3, -0.25) is 0 Å². The van der Waals surface area contributed by atoms with E-state index in [1.807, 2.05) is 13.8 Å². The quantitative estimate of drug-likeness (QED) is 0.819. The Hall–Kier alpha value is -0.430. The Labute approximate surface area is 94.0 Å². The van der Waals surface area contributed by atoms with Crippen molar-refractivity contribution in [3.05, 3.63) is 17.5 Å². The smallest absolute Gasteiger partial charge is 0.250 e. The number of aliphatic hydroxyl groups excluding tert-OH is 1. The monoisotopic (exact) mass is 249 g/mol. The van der Waals surface area contributed by atoms with Crippen LogP contribution in [0.15, 0.2) is 21.7 Å². The zero-order chi connectivity index (χ0) is 11.5. The van der Waals surface area contributed by atoms with Crippen LogP contribution in [0.4, 0.5) is 0 Å². The predicted octanol–water partition coefficient (Wildman–Crippen LogP) is 1.04. The molecule has 1 unspecified atom stereocenters. The van der Waals surface area contributed by atoms with Crippen molar-refractivity contribution in [2.75, 3.05) is 6.61 Å². The van der Waals surface area contributed by atoms with E-state index in [1.54, 1.807) is 17.5 Å². The summed E-state index contributed by atoms with van der Waals surface area (Å²) >= 11 is 1.16. The summed E-state index contributed by atoms with van der Waals surface area (Å²) in [6.07, 6.45) is 0. The summed E-state index contributed by atoms with van der Waals surface area (Å²) in [4.78, 5) is 0. The summed E-state index contributed by atoms with van der Waals surface area (Å²) in [7, 11) is -3.46. The van der Waals surface area contributed by atoms with Gasteiger partial charge in [0.2, 0.25) is 10.0 Å². The lowest BCUT2D eigenvalue weighted by Gasteiger charge is -2.19. The Balaban J connectivity index is 2.81. The fourth-order valence-electron chi connectivity index (χ4n) is 1.06. The second-order valence-corrected chi connectivity index (χ2v) is 6.47. The SMILES string of the molecule is CC(C)C(CO)NS(=O)(=O)c1cccs1. The van der Waals surface area contributed by atoms with Crippen molar-refractivity contribution in [2.45, 2.75) is 24.1 Å². The molecule has 0 fully saturated rings. The minimum absolute atomic E-state index is 0.0599. The maximum absolute atomic E-state index is 11.8. The fraction of sp³-hybridized carbons (Fsp3) is 0.556. The molecule has 86 valence electrons. The highest BCUT2D eigenvalue weighted by Gasteiger charge is 2.22. The Kier molecular flexibility index (Phi) is 4.27. The molecule has 1 aromatic heterocycles. The predicted molar refractivity (Wildman–Crippen MR) is 60.4 cm³/mol. The number of hydrogen-bond donors (Lipinski definition) is 2. The molecule has 0 spiro atoms. The van der Waals surface area contributed by atoms with E-state index in [9.17, 15) is 8.42 Å². The third-order valence-corrected chi connectivity index (χ3v) is 4.96. The third kappa shape index (κ3) is 3.27. The molecule has 0 saturated carbocycles. The number of hydrogen-bond acceptors (Lipinski definition) is 4. The molecule has 0 aromatic carbocycles. The first-order chi connectivity index (χ1) is 6.97. The van der Waals surface area contributed by atoms with E-state index < -0.39 is 16.1 Å². The first kappa shape index (κ1) is 12.6. The van der Waals surface area contributed by atoms with E-state index in [0.717, 1.165) is 11.3 Å². The van der Waals surface area contributed by atoms with Crippen LogP contribution in [-0.2, 0) is 10.0 Å². The molecular weight excluding hydrogens is 234 g/mol. The molecule has 1 rings (SSSR count). The van der Waals surface area contributed by atoms with Gasteiger partial charge in [0.25, 0.3) is 0 Å². The largest absolute Gasteiger partial charge is 0.395 e. The zero-order valence-electron chi connectivity index (χ0n) is 8.67. The van der Waals surface area contributed by atoms with E-state index in [-0.39, 0.29) is 16.7 Å². The first-order valence-corrected chi connectivity index (χ1v) is 7.00. The van der Waals surface area contributed by atoms with E-state index in [1.165, 1.54) is 0 Å². The summed E-state index contributed by atoms with van der Waals surface area (Å²) in [6.45, 7) is 3.53. The lowest BCUT2D eigenvalue weighted by molar-refractivity contribution is 0.228. The minimum Gasteiger partial charge on any atom is -0.395 e. The Morgan fingerprint density at radius 3 is 2.60 bits per heavy atom. The van der Waals surface area contributed by atoms with Gasteiger partial charge in [-0.05, 0) is 17.4 Å². The topological polar surface area (TPSA) is 66.4 Å². The Bertz CT molecular complexity index is 383. The average molecular weight is 249 g/mol. The molecule has 0 bridgehead atoms. The van der Waals surface area contributed by atoms with Crippen LogP contribution in [0.5, 0.6) is 0 Å². The minimum atomic E-state index is -3.46. The van der Waals surface area contributed by atoms with Crippen molar-refractivity contribution >= 4 is 21.4 Å². The normalized spacial score (nSPS) is 14.4. The molecule has 4 nitrogen and oxygen atoms in total. The molecule has 6 heteroatoms. The van der Waals surface area contributed by atoms with Gasteiger partial charge in [-0.25, -0.2) is 13.1 Å². The van der Waals surface area contributed by atoms with Crippen LogP contribution in [0.1, 0.15) is 13.8 Å². The highest BCUT2D eigenvalue weighted by Crippen LogP contribution is 2.16. The Morgan fingerprint density at radius 1 is 1.53 bits per heavy atom. The van der Waals surface area contributed by atoms with Gasteiger partial charge >= 0.3 is 0 Å². The van der Waals surface area contributed by atoms with E-state index >= 15 is 0 Å². The number of sulfonamides is 1. The van der Waals surface area contributed by atoms with Crippen molar-refractivity contribution in [1.82, 2.24) is 4.72 Å². The molecule has 0 saturated heterocycles. The van der Waals surface area contributed by atoms with Crippen molar-refractivity contribution in [3.63, 3.8) is 0 Å². The molecular formula is C9H15NO3S2. The van der Waals surface area contributed by atoms with Crippen LogP contribution < -0.4 is 4.72 Å². The second-order valence-electron chi connectivity index (χ2n) is 3.59. The molecule has 0 aliphatic rings. The van der Waals surface area contributed by atoms with Crippen LogP contribution in [0.3, 0.4) is 0 Å². The van der Waals surface area contributed by atoms with Gasteiger partial charge in [0, 0.05) is 6.04 Å². The fourth-order valence-corrected chi connectivity index (χ4v) is 3.44. The van der Waals surface area contributed by atoms with Crippen molar-refractivity contribution < 1.29 is 13.5 Å². The first-order valence-electron chi connectivity index (χ1n) is 4.64. The summed E-state index contributed by atoms with van der Waals surface area (Å²) in [5, 5.41) is 10.7. The lowest BCUT2D eigenvalue weighted by Crippen LogP contribution is -2.40.